The molecule has 0 saturated heterocycles. The van der Waals surface area contributed by atoms with Crippen molar-refractivity contribution in [3.05, 3.63) is 80.4 Å². The van der Waals surface area contributed by atoms with Gasteiger partial charge in [0.1, 0.15) is 17.9 Å². The van der Waals surface area contributed by atoms with Gasteiger partial charge in [-0.3, -0.25) is 4.79 Å². The van der Waals surface area contributed by atoms with Crippen LogP contribution in [0.25, 0.3) is 0 Å². The number of hydrogen-bond acceptors (Lipinski definition) is 7. The summed E-state index contributed by atoms with van der Waals surface area (Å²) in [6.07, 6.45) is 1.53. The second kappa shape index (κ2) is 9.99. The van der Waals surface area contributed by atoms with Crippen molar-refractivity contribution in [1.82, 2.24) is 0 Å². The molecule has 1 aliphatic carbocycles. The zero-order chi connectivity index (χ0) is 24.4. The first-order valence-corrected chi connectivity index (χ1v) is 11.4. The maximum atomic E-state index is 12.9. The van der Waals surface area contributed by atoms with Crippen molar-refractivity contribution in [3.8, 4) is 11.5 Å². The van der Waals surface area contributed by atoms with Crippen LogP contribution in [0, 0.1) is 0 Å². The van der Waals surface area contributed by atoms with Crippen LogP contribution in [0.2, 0.25) is 10.0 Å². The normalized spacial score (nSPS) is 17.8. The van der Waals surface area contributed by atoms with Gasteiger partial charge in [-0.25, -0.2) is 4.79 Å². The highest BCUT2D eigenvalue weighted by molar-refractivity contribution is 6.32. The molecule has 2 aromatic carbocycles. The quantitative estimate of drug-likeness (QED) is 0.551. The number of allylic oxidation sites excluding steroid dienone is 2. The van der Waals surface area contributed by atoms with Crippen LogP contribution in [0.15, 0.2) is 59.2 Å². The molecular formula is C25H23Cl2NO6. The molecule has 0 bridgehead atoms. The molecule has 1 aliphatic heterocycles. The molecular weight excluding hydrogens is 481 g/mol. The number of ether oxygens (including phenoxy) is 4. The van der Waals surface area contributed by atoms with Crippen LogP contribution in [0.5, 0.6) is 11.5 Å². The minimum absolute atomic E-state index is 0.0411. The Morgan fingerprint density at radius 1 is 1.15 bits per heavy atom. The molecule has 0 spiro atoms. The van der Waals surface area contributed by atoms with E-state index in [1.807, 2.05) is 18.2 Å². The fraction of sp³-hybridized carbons (Fsp3) is 0.280. The average molecular weight is 504 g/mol. The Morgan fingerprint density at radius 2 is 1.91 bits per heavy atom. The monoisotopic (exact) mass is 503 g/mol. The van der Waals surface area contributed by atoms with Gasteiger partial charge < -0.3 is 24.7 Å². The molecule has 9 heteroatoms. The van der Waals surface area contributed by atoms with Crippen LogP contribution in [-0.2, 0) is 25.7 Å². The number of carbonyl (C=O) groups is 2. The van der Waals surface area contributed by atoms with Crippen LogP contribution in [0.4, 0.5) is 0 Å². The van der Waals surface area contributed by atoms with Crippen molar-refractivity contribution < 1.29 is 28.5 Å². The van der Waals surface area contributed by atoms with E-state index < -0.39 is 11.9 Å². The Bertz CT molecular complexity index is 1220. The number of benzene rings is 2. The summed E-state index contributed by atoms with van der Waals surface area (Å²) in [6, 6.07) is 10.6. The predicted molar refractivity (Wildman–Crippen MR) is 127 cm³/mol. The number of Topliss-reactive ketones (excluding diaryl/α,β-unsaturated/α-hetero) is 1. The molecule has 1 heterocycles. The largest absolute Gasteiger partial charge is 0.493 e. The van der Waals surface area contributed by atoms with Crippen LogP contribution in [0.3, 0.4) is 0 Å². The van der Waals surface area contributed by atoms with Gasteiger partial charge in [-0.1, -0.05) is 41.4 Å². The van der Waals surface area contributed by atoms with E-state index in [0.717, 1.165) is 5.56 Å². The standard InChI is InChI=1S/C25H23Cl2NO6/c1-31-19-11-14(10-16(27)23(19)33-12-13-6-3-4-7-15(13)26)20-21-17(29)8-5-9-18(21)34-24(28)22(20)25(30)32-2/h3-4,6-7,10-11,20H,5,8-9,12,28H2,1-2H3/t20-/m0/s1. The van der Waals surface area contributed by atoms with Crippen LogP contribution in [0.1, 0.15) is 36.3 Å². The van der Waals surface area contributed by atoms with Crippen molar-refractivity contribution in [2.45, 2.75) is 31.8 Å². The Balaban J connectivity index is 1.78. The van der Waals surface area contributed by atoms with Crippen molar-refractivity contribution in [2.24, 2.45) is 5.73 Å². The van der Waals surface area contributed by atoms with Gasteiger partial charge >= 0.3 is 5.97 Å². The molecule has 34 heavy (non-hydrogen) atoms. The summed E-state index contributed by atoms with van der Waals surface area (Å²) in [5, 5.41) is 0.802. The third-order valence-electron chi connectivity index (χ3n) is 5.80. The molecule has 2 aliphatic rings. The highest BCUT2D eigenvalue weighted by atomic mass is 35.5. The summed E-state index contributed by atoms with van der Waals surface area (Å²) in [6.45, 7) is 0.167. The van der Waals surface area contributed by atoms with Gasteiger partial charge in [-0.05, 0) is 30.2 Å². The lowest BCUT2D eigenvalue weighted by atomic mass is 9.77. The van der Waals surface area contributed by atoms with Gasteiger partial charge in [0.05, 0.1) is 25.2 Å². The highest BCUT2D eigenvalue weighted by Crippen LogP contribution is 2.47. The lowest BCUT2D eigenvalue weighted by molar-refractivity contribution is -0.136. The molecule has 0 unspecified atom stereocenters. The number of ketones is 1. The lowest BCUT2D eigenvalue weighted by Crippen LogP contribution is -2.31. The maximum Gasteiger partial charge on any atom is 0.340 e. The molecule has 1 atom stereocenters. The first kappa shape index (κ1) is 24.0. The van der Waals surface area contributed by atoms with E-state index in [1.54, 1.807) is 18.2 Å². The zero-order valence-corrected chi connectivity index (χ0v) is 20.2. The van der Waals surface area contributed by atoms with Crippen LogP contribution in [-0.4, -0.2) is 26.0 Å². The number of rotatable bonds is 6. The number of halogens is 2. The summed E-state index contributed by atoms with van der Waals surface area (Å²) >= 11 is 12.8. The number of methoxy groups -OCH3 is 2. The summed E-state index contributed by atoms with van der Waals surface area (Å²) in [5.41, 5.74) is 7.84. The van der Waals surface area contributed by atoms with Crippen molar-refractivity contribution in [2.75, 3.05) is 14.2 Å². The van der Waals surface area contributed by atoms with E-state index in [2.05, 4.69) is 0 Å². The molecule has 0 amide bonds. The van der Waals surface area contributed by atoms with Gasteiger partial charge in [0.15, 0.2) is 17.3 Å². The molecule has 0 fully saturated rings. The van der Waals surface area contributed by atoms with E-state index in [-0.39, 0.29) is 28.9 Å². The topological polar surface area (TPSA) is 97.1 Å². The van der Waals surface area contributed by atoms with Gasteiger partial charge in [0.2, 0.25) is 5.88 Å². The van der Waals surface area contributed by atoms with E-state index in [1.165, 1.54) is 14.2 Å². The minimum atomic E-state index is -0.812. The number of nitrogens with two attached hydrogens (primary N) is 1. The Hall–Kier alpha value is -3.16. The van der Waals surface area contributed by atoms with E-state index in [9.17, 15) is 9.59 Å². The lowest BCUT2D eigenvalue weighted by Gasteiger charge is -2.32. The fourth-order valence-electron chi connectivity index (χ4n) is 4.21. The van der Waals surface area contributed by atoms with Crippen molar-refractivity contribution >= 4 is 35.0 Å². The molecule has 7 nitrogen and oxygen atoms in total. The third kappa shape index (κ3) is 4.45. The predicted octanol–water partition coefficient (Wildman–Crippen LogP) is 5.05. The van der Waals surface area contributed by atoms with Crippen molar-refractivity contribution in [3.63, 3.8) is 0 Å². The molecule has 0 aromatic heterocycles. The minimum Gasteiger partial charge on any atom is -0.493 e. The SMILES string of the molecule is COC(=O)C1=C(N)OC2=C(C(=O)CCC2)[C@@H]1c1cc(Cl)c(OCc2ccccc2Cl)c(OC)c1. The first-order chi connectivity index (χ1) is 16.3. The van der Waals surface area contributed by atoms with Gasteiger partial charge in [0.25, 0.3) is 0 Å². The molecule has 2 N–H and O–H groups in total. The summed E-state index contributed by atoms with van der Waals surface area (Å²) in [7, 11) is 2.72. The van der Waals surface area contributed by atoms with Crippen LogP contribution < -0.4 is 15.2 Å². The second-order valence-electron chi connectivity index (χ2n) is 7.83. The number of esters is 1. The fourth-order valence-corrected chi connectivity index (χ4v) is 4.67. The van der Waals surface area contributed by atoms with Crippen molar-refractivity contribution in [1.29, 1.82) is 0 Å². The first-order valence-electron chi connectivity index (χ1n) is 10.6. The summed E-state index contributed by atoms with van der Waals surface area (Å²) in [5.74, 6) is -0.626. The number of carbonyl (C=O) groups excluding carboxylic acids is 2. The molecule has 4 rings (SSSR count). The maximum absolute atomic E-state index is 12.9. The molecule has 0 saturated carbocycles. The summed E-state index contributed by atoms with van der Waals surface area (Å²) < 4.78 is 22.1. The number of hydrogen-bond donors (Lipinski definition) is 1. The zero-order valence-electron chi connectivity index (χ0n) is 18.7. The average Bonchev–Trinajstić information content (AvgIpc) is 2.82. The second-order valence-corrected chi connectivity index (χ2v) is 8.65. The Morgan fingerprint density at radius 3 is 2.62 bits per heavy atom. The van der Waals surface area contributed by atoms with E-state index in [4.69, 9.17) is 47.9 Å². The smallest absolute Gasteiger partial charge is 0.340 e. The third-order valence-corrected chi connectivity index (χ3v) is 6.45. The van der Waals surface area contributed by atoms with Gasteiger partial charge in [-0.2, -0.15) is 0 Å². The molecule has 0 radical (unpaired) electrons. The van der Waals surface area contributed by atoms with Gasteiger partial charge in [-0.15, -0.1) is 0 Å². The Labute approximate surface area is 207 Å². The molecule has 178 valence electrons. The van der Waals surface area contributed by atoms with E-state index in [0.29, 0.717) is 52.7 Å². The highest BCUT2D eigenvalue weighted by Gasteiger charge is 2.41. The van der Waals surface area contributed by atoms with Gasteiger partial charge in [0, 0.05) is 29.0 Å². The molecule has 2 aromatic rings. The summed E-state index contributed by atoms with van der Waals surface area (Å²) in [4.78, 5) is 25.6. The van der Waals surface area contributed by atoms with E-state index >= 15 is 0 Å². The van der Waals surface area contributed by atoms with Crippen LogP contribution >= 0.6 is 23.2 Å². The Kier molecular flexibility index (Phi) is 7.05.